The fraction of sp³-hybridized carbons (Fsp3) is 0.333. The lowest BCUT2D eigenvalue weighted by atomic mass is 10.1. The van der Waals surface area contributed by atoms with Crippen LogP contribution >= 0.6 is 11.6 Å². The molecule has 0 bridgehead atoms. The summed E-state index contributed by atoms with van der Waals surface area (Å²) >= 11 is 6.04. The molecule has 2 nitrogen and oxygen atoms in total. The largest absolute Gasteiger partial charge is 0.466 e. The van der Waals surface area contributed by atoms with Crippen molar-refractivity contribution in [3.8, 4) is 0 Å². The van der Waals surface area contributed by atoms with Gasteiger partial charge in [0, 0.05) is 23.2 Å². The maximum Gasteiger partial charge on any atom is 0.123 e. The molecule has 0 fully saturated rings. The van der Waals surface area contributed by atoms with Gasteiger partial charge in [-0.2, -0.15) is 0 Å². The van der Waals surface area contributed by atoms with Crippen molar-refractivity contribution in [1.82, 2.24) is 5.32 Å². The molecule has 19 heavy (non-hydrogen) atoms. The topological polar surface area (TPSA) is 25.2 Å². The lowest BCUT2D eigenvalue weighted by Gasteiger charge is -2.14. The van der Waals surface area contributed by atoms with E-state index in [0.29, 0.717) is 11.6 Å². The molecular weight excluding hydrogens is 265 g/mol. The SMILES string of the molecule is Cc1cc(C(C)NCc2cc(F)ccc2Cl)c(C)o1. The first-order chi connectivity index (χ1) is 8.97. The second kappa shape index (κ2) is 5.76. The van der Waals surface area contributed by atoms with E-state index in [1.807, 2.05) is 26.8 Å². The molecule has 0 saturated heterocycles. The van der Waals surface area contributed by atoms with Gasteiger partial charge in [0.05, 0.1) is 0 Å². The summed E-state index contributed by atoms with van der Waals surface area (Å²) in [5.74, 6) is 1.52. The molecule has 0 radical (unpaired) electrons. The molecule has 1 aromatic heterocycles. The van der Waals surface area contributed by atoms with E-state index in [9.17, 15) is 4.39 Å². The third-order valence-electron chi connectivity index (χ3n) is 3.15. The number of furan rings is 1. The van der Waals surface area contributed by atoms with Gasteiger partial charge in [-0.05, 0) is 50.6 Å². The summed E-state index contributed by atoms with van der Waals surface area (Å²) in [4.78, 5) is 0. The van der Waals surface area contributed by atoms with Gasteiger partial charge < -0.3 is 9.73 Å². The zero-order valence-electron chi connectivity index (χ0n) is 11.3. The zero-order chi connectivity index (χ0) is 14.0. The van der Waals surface area contributed by atoms with Gasteiger partial charge in [-0.25, -0.2) is 4.39 Å². The van der Waals surface area contributed by atoms with Crippen molar-refractivity contribution in [1.29, 1.82) is 0 Å². The molecule has 2 aromatic rings. The number of hydrogen-bond donors (Lipinski definition) is 1. The van der Waals surface area contributed by atoms with E-state index in [4.69, 9.17) is 16.0 Å². The third-order valence-corrected chi connectivity index (χ3v) is 3.52. The molecule has 0 spiro atoms. The summed E-state index contributed by atoms with van der Waals surface area (Å²) in [7, 11) is 0. The highest BCUT2D eigenvalue weighted by Gasteiger charge is 2.12. The van der Waals surface area contributed by atoms with Crippen LogP contribution in [0.4, 0.5) is 4.39 Å². The molecule has 2 rings (SSSR count). The Hall–Kier alpha value is -1.32. The summed E-state index contributed by atoms with van der Waals surface area (Å²) in [6.45, 7) is 6.42. The molecule has 4 heteroatoms. The van der Waals surface area contributed by atoms with Gasteiger partial charge in [0.25, 0.3) is 0 Å². The number of nitrogens with one attached hydrogen (secondary N) is 1. The first-order valence-electron chi connectivity index (χ1n) is 6.21. The molecule has 0 saturated carbocycles. The van der Waals surface area contributed by atoms with Gasteiger partial charge in [0.2, 0.25) is 0 Å². The standard InChI is InChI=1S/C15H17ClFNO/c1-9-6-14(11(3)19-9)10(2)18-8-12-7-13(17)4-5-15(12)16/h4-7,10,18H,8H2,1-3H3. The lowest BCUT2D eigenvalue weighted by Crippen LogP contribution is -2.18. The highest BCUT2D eigenvalue weighted by molar-refractivity contribution is 6.31. The number of halogens is 2. The van der Waals surface area contributed by atoms with Crippen molar-refractivity contribution >= 4 is 11.6 Å². The van der Waals surface area contributed by atoms with Crippen molar-refractivity contribution in [2.75, 3.05) is 0 Å². The van der Waals surface area contributed by atoms with E-state index in [-0.39, 0.29) is 11.9 Å². The Kier molecular flexibility index (Phi) is 4.27. The van der Waals surface area contributed by atoms with Crippen molar-refractivity contribution in [2.24, 2.45) is 0 Å². The van der Waals surface area contributed by atoms with Crippen LogP contribution in [0.3, 0.4) is 0 Å². The Morgan fingerprint density at radius 3 is 2.68 bits per heavy atom. The molecule has 0 aliphatic heterocycles. The van der Waals surface area contributed by atoms with Crippen LogP contribution in [0.25, 0.3) is 0 Å². The first-order valence-corrected chi connectivity index (χ1v) is 6.59. The Morgan fingerprint density at radius 2 is 2.05 bits per heavy atom. The van der Waals surface area contributed by atoms with Gasteiger partial charge in [-0.15, -0.1) is 0 Å². The second-order valence-corrected chi connectivity index (χ2v) is 5.11. The molecule has 0 amide bonds. The maximum atomic E-state index is 13.2. The van der Waals surface area contributed by atoms with Crippen LogP contribution in [0.1, 0.15) is 35.6 Å². The average molecular weight is 282 g/mol. The van der Waals surface area contributed by atoms with E-state index in [1.165, 1.54) is 12.1 Å². The predicted molar refractivity (Wildman–Crippen MR) is 74.8 cm³/mol. The molecule has 1 unspecified atom stereocenters. The number of aryl methyl sites for hydroxylation is 2. The highest BCUT2D eigenvalue weighted by atomic mass is 35.5. The monoisotopic (exact) mass is 281 g/mol. The van der Waals surface area contributed by atoms with Crippen LogP contribution < -0.4 is 5.32 Å². The average Bonchev–Trinajstić information content (AvgIpc) is 2.69. The number of hydrogen-bond acceptors (Lipinski definition) is 2. The third kappa shape index (κ3) is 3.37. The summed E-state index contributed by atoms with van der Waals surface area (Å²) in [6, 6.07) is 6.53. The van der Waals surface area contributed by atoms with E-state index < -0.39 is 0 Å². The highest BCUT2D eigenvalue weighted by Crippen LogP contribution is 2.23. The zero-order valence-corrected chi connectivity index (χ0v) is 12.0. The molecule has 1 aromatic carbocycles. The smallest absolute Gasteiger partial charge is 0.123 e. The summed E-state index contributed by atoms with van der Waals surface area (Å²) in [5, 5.41) is 3.90. The minimum atomic E-state index is -0.274. The predicted octanol–water partition coefficient (Wildman–Crippen LogP) is 4.54. The molecule has 0 aliphatic rings. The van der Waals surface area contributed by atoms with E-state index in [0.717, 1.165) is 22.6 Å². The van der Waals surface area contributed by atoms with Crippen LogP contribution in [0, 0.1) is 19.7 Å². The molecule has 102 valence electrons. The summed E-state index contributed by atoms with van der Waals surface area (Å²) in [6.07, 6.45) is 0. The normalized spacial score (nSPS) is 12.7. The Labute approximate surface area is 117 Å². The van der Waals surface area contributed by atoms with Crippen LogP contribution in [0.5, 0.6) is 0 Å². The van der Waals surface area contributed by atoms with Gasteiger partial charge in [0.15, 0.2) is 0 Å². The van der Waals surface area contributed by atoms with Crippen LogP contribution in [-0.2, 0) is 6.54 Å². The van der Waals surface area contributed by atoms with Gasteiger partial charge in [-0.1, -0.05) is 11.6 Å². The van der Waals surface area contributed by atoms with Crippen molar-refractivity contribution in [2.45, 2.75) is 33.4 Å². The number of benzene rings is 1. The van der Waals surface area contributed by atoms with Crippen molar-refractivity contribution in [3.63, 3.8) is 0 Å². The molecule has 1 heterocycles. The van der Waals surface area contributed by atoms with E-state index >= 15 is 0 Å². The molecule has 0 aliphatic carbocycles. The fourth-order valence-corrected chi connectivity index (χ4v) is 2.32. The van der Waals surface area contributed by atoms with Crippen molar-refractivity contribution in [3.05, 3.63) is 57.8 Å². The van der Waals surface area contributed by atoms with Gasteiger partial charge in [0.1, 0.15) is 17.3 Å². The molecule has 1 atom stereocenters. The van der Waals surface area contributed by atoms with Gasteiger partial charge in [-0.3, -0.25) is 0 Å². The molecular formula is C15H17ClFNO. The lowest BCUT2D eigenvalue weighted by molar-refractivity contribution is 0.489. The van der Waals surface area contributed by atoms with Crippen molar-refractivity contribution < 1.29 is 8.81 Å². The minimum absolute atomic E-state index is 0.122. The summed E-state index contributed by atoms with van der Waals surface area (Å²) < 4.78 is 18.7. The maximum absolute atomic E-state index is 13.2. The van der Waals surface area contributed by atoms with Crippen LogP contribution in [0.2, 0.25) is 5.02 Å². The van der Waals surface area contributed by atoms with E-state index in [1.54, 1.807) is 6.07 Å². The molecule has 1 N–H and O–H groups in total. The Bertz CT molecular complexity index is 580. The Balaban J connectivity index is 2.06. The minimum Gasteiger partial charge on any atom is -0.466 e. The fourth-order valence-electron chi connectivity index (χ4n) is 2.13. The quantitative estimate of drug-likeness (QED) is 0.890. The first kappa shape index (κ1) is 14.1. The van der Waals surface area contributed by atoms with Crippen LogP contribution in [-0.4, -0.2) is 0 Å². The number of rotatable bonds is 4. The summed E-state index contributed by atoms with van der Waals surface area (Å²) in [5.41, 5.74) is 1.87. The van der Waals surface area contributed by atoms with Gasteiger partial charge >= 0.3 is 0 Å². The second-order valence-electron chi connectivity index (χ2n) is 4.71. The van der Waals surface area contributed by atoms with Crippen LogP contribution in [0.15, 0.2) is 28.7 Å². The Morgan fingerprint density at radius 1 is 1.32 bits per heavy atom. The van der Waals surface area contributed by atoms with E-state index in [2.05, 4.69) is 5.32 Å².